The first kappa shape index (κ1) is 30.5. The number of aliphatic hydroxyl groups is 2. The molecule has 0 spiro atoms. The van der Waals surface area contributed by atoms with E-state index >= 15 is 0 Å². The van der Waals surface area contributed by atoms with Crippen molar-refractivity contribution in [3.05, 3.63) is 0 Å². The van der Waals surface area contributed by atoms with E-state index in [-0.39, 0.29) is 41.4 Å². The molecule has 4 fully saturated rings. The van der Waals surface area contributed by atoms with Crippen LogP contribution in [0, 0.1) is 58.7 Å². The predicted octanol–water partition coefficient (Wildman–Crippen LogP) is 4.59. The summed E-state index contributed by atoms with van der Waals surface area (Å²) in [5.74, 6) is 4.99. The summed E-state index contributed by atoms with van der Waals surface area (Å²) >= 11 is 0. The molecule has 8 nitrogen and oxygen atoms in total. The summed E-state index contributed by atoms with van der Waals surface area (Å²) < 4.78 is 0. The van der Waals surface area contributed by atoms with Crippen molar-refractivity contribution < 1.29 is 19.8 Å². The number of aliphatic hydroxyl groups excluding tert-OH is 2. The molecule has 228 valence electrons. The van der Waals surface area contributed by atoms with E-state index in [9.17, 15) is 19.8 Å². The van der Waals surface area contributed by atoms with Crippen LogP contribution in [0.2, 0.25) is 0 Å². The van der Waals surface area contributed by atoms with E-state index in [1.165, 1.54) is 12.8 Å². The van der Waals surface area contributed by atoms with Crippen molar-refractivity contribution in [1.29, 1.82) is 0 Å². The molecular formula is C33H52N4O4. The Labute approximate surface area is 246 Å². The molecule has 0 saturated heterocycles. The molecular weight excluding hydrogens is 516 g/mol. The molecule has 0 aromatic carbocycles. The lowest BCUT2D eigenvalue weighted by atomic mass is 9.43. The fourth-order valence-electron chi connectivity index (χ4n) is 10.1. The fraction of sp³-hybridized carbons (Fsp3) is 0.879. The zero-order valence-corrected chi connectivity index (χ0v) is 25.6. The van der Waals surface area contributed by atoms with Crippen LogP contribution in [0.1, 0.15) is 105 Å². The largest absolute Gasteiger partial charge is 0.393 e. The number of rotatable bonds is 10. The molecule has 4 saturated carbocycles. The Bertz CT molecular complexity index is 1070. The molecule has 2 amide bonds. The summed E-state index contributed by atoms with van der Waals surface area (Å²) in [6.07, 6.45) is 15.4. The SMILES string of the molecule is C#CCNC(=O)C(CCC1(C)N=N1)NC(=O)CCC(C)C1CCC2C3CCC4CC(O)CCC4(C)C3CC(O)C12C. The number of hydrogen-bond donors (Lipinski definition) is 4. The average molecular weight is 569 g/mol. The van der Waals surface area contributed by atoms with Gasteiger partial charge in [0.25, 0.3) is 0 Å². The zero-order chi connectivity index (χ0) is 29.6. The van der Waals surface area contributed by atoms with Crippen molar-refractivity contribution in [3.63, 3.8) is 0 Å². The monoisotopic (exact) mass is 568 g/mol. The van der Waals surface area contributed by atoms with Crippen molar-refractivity contribution >= 4 is 11.8 Å². The van der Waals surface area contributed by atoms with Crippen LogP contribution >= 0.6 is 0 Å². The molecule has 0 radical (unpaired) electrons. The van der Waals surface area contributed by atoms with Gasteiger partial charge >= 0.3 is 0 Å². The molecule has 11 atom stereocenters. The topological polar surface area (TPSA) is 123 Å². The van der Waals surface area contributed by atoms with E-state index in [4.69, 9.17) is 6.42 Å². The van der Waals surface area contributed by atoms with Gasteiger partial charge in [0.1, 0.15) is 6.04 Å². The van der Waals surface area contributed by atoms with Gasteiger partial charge in [0.05, 0.1) is 18.8 Å². The van der Waals surface area contributed by atoms with E-state index in [0.717, 1.165) is 44.9 Å². The van der Waals surface area contributed by atoms with Crippen LogP contribution in [0.5, 0.6) is 0 Å². The van der Waals surface area contributed by atoms with Crippen molar-refractivity contribution in [3.8, 4) is 12.3 Å². The van der Waals surface area contributed by atoms with Gasteiger partial charge in [0, 0.05) is 6.42 Å². The summed E-state index contributed by atoms with van der Waals surface area (Å²) in [4.78, 5) is 25.7. The van der Waals surface area contributed by atoms with Crippen LogP contribution in [0.4, 0.5) is 0 Å². The number of carbonyl (C=O) groups is 2. The first-order chi connectivity index (χ1) is 19.4. The lowest BCUT2D eigenvalue weighted by Crippen LogP contribution is -2.58. The first-order valence-electron chi connectivity index (χ1n) is 16.2. The summed E-state index contributed by atoms with van der Waals surface area (Å²) in [6, 6.07) is -0.656. The molecule has 0 aromatic heterocycles. The number of amides is 2. The minimum Gasteiger partial charge on any atom is -0.393 e. The van der Waals surface area contributed by atoms with Crippen LogP contribution < -0.4 is 10.6 Å². The molecule has 1 aliphatic heterocycles. The summed E-state index contributed by atoms with van der Waals surface area (Å²) in [6.45, 7) is 9.08. The van der Waals surface area contributed by atoms with E-state index in [0.29, 0.717) is 54.8 Å². The fourth-order valence-corrected chi connectivity index (χ4v) is 10.1. The van der Waals surface area contributed by atoms with Crippen molar-refractivity contribution in [2.24, 2.45) is 56.6 Å². The highest BCUT2D eigenvalue weighted by atomic mass is 16.3. The van der Waals surface area contributed by atoms with Gasteiger partial charge in [-0.1, -0.05) is 26.7 Å². The molecule has 41 heavy (non-hydrogen) atoms. The molecule has 0 aromatic rings. The van der Waals surface area contributed by atoms with E-state index in [1.807, 2.05) is 6.92 Å². The molecule has 4 N–H and O–H groups in total. The molecule has 1 heterocycles. The Kier molecular flexibility index (Phi) is 8.62. The number of nitrogens with zero attached hydrogens (tertiary/aromatic N) is 2. The standard InChI is InChI=1S/C33H52N4O4/c1-6-17-34-30(41)27(14-16-32(4)36-37-32)35-29(40)12-7-20(2)24-10-11-25-23-9-8-21-18-22(38)13-15-31(21,3)26(23)19-28(39)33(24,25)5/h1,20-28,38-39H,7-19H2,2-5H3,(H,34,41)(H,35,40). The third-order valence-electron chi connectivity index (χ3n) is 12.7. The molecule has 11 unspecified atom stereocenters. The molecule has 0 bridgehead atoms. The van der Waals surface area contributed by atoms with Gasteiger partial charge < -0.3 is 20.8 Å². The van der Waals surface area contributed by atoms with Gasteiger partial charge in [-0.25, -0.2) is 0 Å². The number of hydrogen-bond acceptors (Lipinski definition) is 6. The molecule has 8 heteroatoms. The van der Waals surface area contributed by atoms with E-state index < -0.39 is 11.7 Å². The van der Waals surface area contributed by atoms with Gasteiger partial charge in [-0.2, -0.15) is 10.2 Å². The van der Waals surface area contributed by atoms with Crippen molar-refractivity contribution in [2.75, 3.05) is 6.54 Å². The quantitative estimate of drug-likeness (QED) is 0.288. The highest BCUT2D eigenvalue weighted by Crippen LogP contribution is 2.68. The van der Waals surface area contributed by atoms with Crippen molar-refractivity contribution in [2.45, 2.75) is 129 Å². The van der Waals surface area contributed by atoms with Crippen LogP contribution in [-0.2, 0) is 9.59 Å². The summed E-state index contributed by atoms with van der Waals surface area (Å²) in [5.41, 5.74) is -0.333. The summed E-state index contributed by atoms with van der Waals surface area (Å²) in [7, 11) is 0. The Morgan fingerprint density at radius 3 is 2.49 bits per heavy atom. The maximum atomic E-state index is 13.1. The van der Waals surface area contributed by atoms with E-state index in [1.54, 1.807) is 0 Å². The zero-order valence-electron chi connectivity index (χ0n) is 25.6. The minimum atomic E-state index is -0.656. The Morgan fingerprint density at radius 2 is 1.78 bits per heavy atom. The third kappa shape index (κ3) is 5.83. The Balaban J connectivity index is 1.19. The van der Waals surface area contributed by atoms with Crippen LogP contribution in [-0.4, -0.2) is 52.5 Å². The van der Waals surface area contributed by atoms with Gasteiger partial charge in [-0.3, -0.25) is 9.59 Å². The van der Waals surface area contributed by atoms with Gasteiger partial charge in [-0.15, -0.1) is 6.42 Å². The Morgan fingerprint density at radius 1 is 1.02 bits per heavy atom. The van der Waals surface area contributed by atoms with Gasteiger partial charge in [0.2, 0.25) is 11.8 Å². The van der Waals surface area contributed by atoms with Crippen molar-refractivity contribution in [1.82, 2.24) is 10.6 Å². The van der Waals surface area contributed by atoms with Crippen LogP contribution in [0.25, 0.3) is 0 Å². The predicted molar refractivity (Wildman–Crippen MR) is 157 cm³/mol. The second-order valence-electron chi connectivity index (χ2n) is 14.9. The lowest BCUT2D eigenvalue weighted by molar-refractivity contribution is -0.175. The highest BCUT2D eigenvalue weighted by molar-refractivity contribution is 5.87. The average Bonchev–Trinajstić information content (AvgIpc) is 3.56. The minimum absolute atomic E-state index is 0.123. The van der Waals surface area contributed by atoms with Gasteiger partial charge in [0.15, 0.2) is 5.66 Å². The van der Waals surface area contributed by atoms with Crippen LogP contribution in [0.3, 0.4) is 0 Å². The number of carbonyl (C=O) groups excluding carboxylic acids is 2. The molecule has 5 aliphatic rings. The highest BCUT2D eigenvalue weighted by Gasteiger charge is 2.63. The molecule has 4 aliphatic carbocycles. The normalized spacial score (nSPS) is 41.6. The third-order valence-corrected chi connectivity index (χ3v) is 12.7. The second kappa shape index (κ2) is 11.6. The number of nitrogens with one attached hydrogen (secondary N) is 2. The first-order valence-corrected chi connectivity index (χ1v) is 16.2. The number of fused-ring (bicyclic) bond motifs is 5. The lowest BCUT2D eigenvalue weighted by Gasteiger charge is -2.62. The number of terminal acetylenes is 1. The smallest absolute Gasteiger partial charge is 0.243 e. The maximum Gasteiger partial charge on any atom is 0.243 e. The van der Waals surface area contributed by atoms with Gasteiger partial charge in [-0.05, 0) is 124 Å². The Hall–Kier alpha value is -1.98. The second-order valence-corrected chi connectivity index (χ2v) is 14.9. The van der Waals surface area contributed by atoms with E-state index in [2.05, 4.69) is 47.6 Å². The summed E-state index contributed by atoms with van der Waals surface area (Å²) in [5, 5.41) is 35.9. The van der Waals surface area contributed by atoms with Crippen LogP contribution in [0.15, 0.2) is 10.2 Å². The maximum absolute atomic E-state index is 13.1. The molecule has 5 rings (SSSR count).